The maximum atomic E-state index is 5.26. The van der Waals surface area contributed by atoms with Gasteiger partial charge in [-0.2, -0.15) is 4.98 Å². The van der Waals surface area contributed by atoms with Gasteiger partial charge in [-0.1, -0.05) is 24.3 Å². The third kappa shape index (κ3) is 4.51. The number of nitrogens with one attached hydrogen (secondary N) is 2. The van der Waals surface area contributed by atoms with Crippen LogP contribution in [0.15, 0.2) is 54.7 Å². The fraction of sp³-hybridized carbons (Fsp3) is 0.238. The molecule has 0 atom stereocenters. The molecule has 0 aliphatic heterocycles. The minimum absolute atomic E-state index is 0.614. The summed E-state index contributed by atoms with van der Waals surface area (Å²) in [6.45, 7) is 4.96. The molecular weight excluding hydrogens is 324 g/mol. The van der Waals surface area contributed by atoms with E-state index >= 15 is 0 Å². The number of methoxy groups -OCH3 is 1. The summed E-state index contributed by atoms with van der Waals surface area (Å²) in [6, 6.07) is 16.1. The summed E-state index contributed by atoms with van der Waals surface area (Å²) in [5.41, 5.74) is 4.74. The predicted molar refractivity (Wildman–Crippen MR) is 106 cm³/mol. The van der Waals surface area contributed by atoms with Crippen molar-refractivity contribution in [1.29, 1.82) is 0 Å². The number of anilines is 3. The van der Waals surface area contributed by atoms with Gasteiger partial charge in [0.25, 0.3) is 0 Å². The molecule has 0 radical (unpaired) electrons. The van der Waals surface area contributed by atoms with E-state index in [-0.39, 0.29) is 0 Å². The van der Waals surface area contributed by atoms with Crippen LogP contribution in [0.2, 0.25) is 0 Å². The van der Waals surface area contributed by atoms with E-state index < -0.39 is 0 Å². The largest absolute Gasteiger partial charge is 0.497 e. The minimum atomic E-state index is 0.614. The summed E-state index contributed by atoms with van der Waals surface area (Å²) in [6.07, 6.45) is 2.63. The van der Waals surface area contributed by atoms with Crippen LogP contribution in [0.5, 0.6) is 5.75 Å². The molecule has 5 nitrogen and oxygen atoms in total. The van der Waals surface area contributed by atoms with E-state index in [1.165, 1.54) is 16.7 Å². The van der Waals surface area contributed by atoms with Crippen LogP contribution in [-0.2, 0) is 6.42 Å². The molecule has 0 fully saturated rings. The highest BCUT2D eigenvalue weighted by Crippen LogP contribution is 2.22. The number of aryl methyl sites for hydroxylation is 1. The lowest BCUT2D eigenvalue weighted by atomic mass is 10.1. The number of ether oxygens (including phenoxy) is 1. The Hall–Kier alpha value is -3.08. The average Bonchev–Trinajstić information content (AvgIpc) is 2.66. The fourth-order valence-corrected chi connectivity index (χ4v) is 2.68. The predicted octanol–water partition coefficient (Wildman–Crippen LogP) is 4.50. The van der Waals surface area contributed by atoms with Gasteiger partial charge in [0.1, 0.15) is 11.6 Å². The molecule has 0 amide bonds. The molecule has 0 saturated carbocycles. The van der Waals surface area contributed by atoms with Crippen molar-refractivity contribution in [3.63, 3.8) is 0 Å². The topological polar surface area (TPSA) is 59.1 Å². The zero-order chi connectivity index (χ0) is 18.4. The first kappa shape index (κ1) is 17.7. The van der Waals surface area contributed by atoms with Crippen LogP contribution in [0.25, 0.3) is 0 Å². The van der Waals surface area contributed by atoms with Crippen molar-refractivity contribution in [2.24, 2.45) is 0 Å². The van der Waals surface area contributed by atoms with Crippen molar-refractivity contribution in [3.05, 3.63) is 71.4 Å². The summed E-state index contributed by atoms with van der Waals surface area (Å²) in [4.78, 5) is 8.84. The Labute approximate surface area is 154 Å². The van der Waals surface area contributed by atoms with Crippen LogP contribution in [0.3, 0.4) is 0 Å². The molecule has 3 rings (SSSR count). The first-order valence-electron chi connectivity index (χ1n) is 8.69. The van der Waals surface area contributed by atoms with Crippen LogP contribution >= 0.6 is 0 Å². The van der Waals surface area contributed by atoms with Crippen LogP contribution in [0, 0.1) is 13.8 Å². The molecule has 0 saturated heterocycles. The highest BCUT2D eigenvalue weighted by Gasteiger charge is 2.04. The van der Waals surface area contributed by atoms with Crippen molar-refractivity contribution in [2.45, 2.75) is 20.3 Å². The van der Waals surface area contributed by atoms with E-state index in [1.807, 2.05) is 30.3 Å². The van der Waals surface area contributed by atoms with Gasteiger partial charge in [0.2, 0.25) is 5.95 Å². The van der Waals surface area contributed by atoms with Gasteiger partial charge in [-0.15, -0.1) is 0 Å². The third-order valence-corrected chi connectivity index (χ3v) is 4.35. The summed E-state index contributed by atoms with van der Waals surface area (Å²) in [5, 5.41) is 6.65. The third-order valence-electron chi connectivity index (χ3n) is 4.35. The monoisotopic (exact) mass is 348 g/mol. The molecule has 5 heteroatoms. The normalized spacial score (nSPS) is 10.4. The van der Waals surface area contributed by atoms with Crippen molar-refractivity contribution < 1.29 is 4.74 Å². The highest BCUT2D eigenvalue weighted by molar-refractivity contribution is 5.62. The van der Waals surface area contributed by atoms with E-state index in [4.69, 9.17) is 4.74 Å². The molecule has 134 valence electrons. The van der Waals surface area contributed by atoms with Crippen molar-refractivity contribution in [3.8, 4) is 5.75 Å². The Bertz CT molecular complexity index is 879. The van der Waals surface area contributed by atoms with Gasteiger partial charge >= 0.3 is 0 Å². The maximum Gasteiger partial charge on any atom is 0.224 e. The first-order chi connectivity index (χ1) is 12.7. The van der Waals surface area contributed by atoms with Gasteiger partial charge in [0, 0.05) is 18.4 Å². The Morgan fingerprint density at radius 2 is 1.88 bits per heavy atom. The lowest BCUT2D eigenvalue weighted by molar-refractivity contribution is 0.414. The van der Waals surface area contributed by atoms with Gasteiger partial charge < -0.3 is 15.4 Å². The highest BCUT2D eigenvalue weighted by atomic mass is 16.5. The SMILES string of the molecule is COc1cccc(CCNc2nccc(Nc3cccc(C)c3C)n2)c1. The molecule has 0 aliphatic carbocycles. The number of hydrogen-bond donors (Lipinski definition) is 2. The van der Waals surface area contributed by atoms with Gasteiger partial charge in [-0.25, -0.2) is 4.98 Å². The second-order valence-electron chi connectivity index (χ2n) is 6.17. The van der Waals surface area contributed by atoms with E-state index in [0.717, 1.165) is 30.2 Å². The molecule has 1 aromatic heterocycles. The van der Waals surface area contributed by atoms with E-state index in [9.17, 15) is 0 Å². The second-order valence-corrected chi connectivity index (χ2v) is 6.17. The van der Waals surface area contributed by atoms with E-state index in [0.29, 0.717) is 5.95 Å². The van der Waals surface area contributed by atoms with Crippen molar-refractivity contribution in [1.82, 2.24) is 9.97 Å². The summed E-state index contributed by atoms with van der Waals surface area (Å²) >= 11 is 0. The van der Waals surface area contributed by atoms with Crippen LogP contribution < -0.4 is 15.4 Å². The Morgan fingerprint density at radius 1 is 1.04 bits per heavy atom. The lowest BCUT2D eigenvalue weighted by Gasteiger charge is -2.12. The molecule has 0 aliphatic rings. The van der Waals surface area contributed by atoms with Crippen LogP contribution in [0.4, 0.5) is 17.5 Å². The standard InChI is InChI=1S/C21H24N4O/c1-15-6-4-9-19(16(15)2)24-20-11-13-23-21(25-20)22-12-10-17-7-5-8-18(14-17)26-3/h4-9,11,13-14H,10,12H2,1-3H3,(H2,22,23,24,25). The average molecular weight is 348 g/mol. The van der Waals surface area contributed by atoms with Gasteiger partial charge in [0.15, 0.2) is 0 Å². The summed E-state index contributed by atoms with van der Waals surface area (Å²) in [7, 11) is 1.68. The van der Waals surface area contributed by atoms with Crippen molar-refractivity contribution >= 4 is 17.5 Å². The molecule has 2 aromatic carbocycles. The summed E-state index contributed by atoms with van der Waals surface area (Å²) in [5.74, 6) is 2.26. The van der Waals surface area contributed by atoms with Gasteiger partial charge in [0.05, 0.1) is 7.11 Å². The van der Waals surface area contributed by atoms with E-state index in [1.54, 1.807) is 13.3 Å². The fourth-order valence-electron chi connectivity index (χ4n) is 2.68. The van der Waals surface area contributed by atoms with Crippen LogP contribution in [-0.4, -0.2) is 23.6 Å². The summed E-state index contributed by atoms with van der Waals surface area (Å²) < 4.78 is 5.26. The molecular formula is C21H24N4O. The molecule has 3 aromatic rings. The first-order valence-corrected chi connectivity index (χ1v) is 8.69. The molecule has 0 spiro atoms. The van der Waals surface area contributed by atoms with Gasteiger partial charge in [-0.05, 0) is 61.2 Å². The number of aromatic nitrogens is 2. The second kappa shape index (κ2) is 8.34. The molecule has 1 heterocycles. The number of nitrogens with zero attached hydrogens (tertiary/aromatic N) is 2. The Morgan fingerprint density at radius 3 is 2.73 bits per heavy atom. The zero-order valence-electron chi connectivity index (χ0n) is 15.4. The van der Waals surface area contributed by atoms with Gasteiger partial charge in [-0.3, -0.25) is 0 Å². The smallest absolute Gasteiger partial charge is 0.224 e. The minimum Gasteiger partial charge on any atom is -0.497 e. The molecule has 2 N–H and O–H groups in total. The van der Waals surface area contributed by atoms with Crippen LogP contribution in [0.1, 0.15) is 16.7 Å². The number of rotatable bonds is 7. The van der Waals surface area contributed by atoms with E-state index in [2.05, 4.69) is 52.6 Å². The Balaban J connectivity index is 1.61. The molecule has 0 unspecified atom stereocenters. The maximum absolute atomic E-state index is 5.26. The quantitative estimate of drug-likeness (QED) is 0.658. The molecule has 26 heavy (non-hydrogen) atoms. The Kier molecular flexibility index (Phi) is 5.69. The molecule has 0 bridgehead atoms. The number of hydrogen-bond acceptors (Lipinski definition) is 5. The number of benzene rings is 2. The van der Waals surface area contributed by atoms with Crippen molar-refractivity contribution in [2.75, 3.05) is 24.3 Å². The lowest BCUT2D eigenvalue weighted by Crippen LogP contribution is -2.09. The zero-order valence-corrected chi connectivity index (χ0v) is 15.4.